The Morgan fingerprint density at radius 3 is 2.67 bits per heavy atom. The zero-order chi connectivity index (χ0) is 8.97. The number of nitrogens with zero attached hydrogens (tertiary/aromatic N) is 1. The van der Waals surface area contributed by atoms with Gasteiger partial charge in [0.1, 0.15) is 0 Å². The minimum absolute atomic E-state index is 0.914. The molecule has 1 aromatic carbocycles. The zero-order valence-corrected chi connectivity index (χ0v) is 8.40. The lowest BCUT2D eigenvalue weighted by Gasteiger charge is -2.11. The SMILES string of the molecule is [CH2]N(C)Cc1ccccc1SC. The summed E-state index contributed by atoms with van der Waals surface area (Å²) in [7, 11) is 5.82. The normalized spacial score (nSPS) is 10.7. The van der Waals surface area contributed by atoms with Gasteiger partial charge in [-0.05, 0) is 24.9 Å². The van der Waals surface area contributed by atoms with Crippen LogP contribution in [0.4, 0.5) is 0 Å². The maximum Gasteiger partial charge on any atom is 0.0242 e. The fraction of sp³-hybridized carbons (Fsp3) is 0.300. The molecule has 0 bridgehead atoms. The second-order valence-corrected chi connectivity index (χ2v) is 3.67. The van der Waals surface area contributed by atoms with E-state index < -0.39 is 0 Å². The van der Waals surface area contributed by atoms with Crippen LogP contribution < -0.4 is 0 Å². The van der Waals surface area contributed by atoms with E-state index in [1.54, 1.807) is 11.8 Å². The molecule has 0 aromatic heterocycles. The summed E-state index contributed by atoms with van der Waals surface area (Å²) in [5.41, 5.74) is 1.35. The van der Waals surface area contributed by atoms with Gasteiger partial charge in [0.2, 0.25) is 0 Å². The van der Waals surface area contributed by atoms with Crippen molar-refractivity contribution in [1.29, 1.82) is 0 Å². The molecule has 1 radical (unpaired) electrons. The molecule has 1 nitrogen and oxygen atoms in total. The van der Waals surface area contributed by atoms with Crippen molar-refractivity contribution in [1.82, 2.24) is 4.90 Å². The topological polar surface area (TPSA) is 3.24 Å². The number of benzene rings is 1. The van der Waals surface area contributed by atoms with Gasteiger partial charge in [0.25, 0.3) is 0 Å². The summed E-state index contributed by atoms with van der Waals surface area (Å²) in [5.74, 6) is 0. The number of hydrogen-bond acceptors (Lipinski definition) is 2. The first-order valence-electron chi connectivity index (χ1n) is 3.87. The smallest absolute Gasteiger partial charge is 0.0242 e. The van der Waals surface area contributed by atoms with Gasteiger partial charge in [-0.1, -0.05) is 18.2 Å². The van der Waals surface area contributed by atoms with Crippen molar-refractivity contribution in [2.24, 2.45) is 0 Å². The number of hydrogen-bond donors (Lipinski definition) is 0. The van der Waals surface area contributed by atoms with Gasteiger partial charge in [-0.3, -0.25) is 0 Å². The van der Waals surface area contributed by atoms with E-state index in [9.17, 15) is 0 Å². The Hall–Kier alpha value is -0.470. The van der Waals surface area contributed by atoms with Gasteiger partial charge in [-0.25, -0.2) is 0 Å². The third-order valence-corrected chi connectivity index (χ3v) is 2.47. The largest absolute Gasteiger partial charge is 0.301 e. The van der Waals surface area contributed by atoms with E-state index in [0.717, 1.165) is 6.54 Å². The van der Waals surface area contributed by atoms with E-state index in [4.69, 9.17) is 0 Å². The summed E-state index contributed by atoms with van der Waals surface area (Å²) in [6, 6.07) is 8.42. The molecule has 0 saturated carbocycles. The van der Waals surface area contributed by atoms with Crippen LogP contribution in [-0.4, -0.2) is 18.2 Å². The lowest BCUT2D eigenvalue weighted by atomic mass is 10.2. The zero-order valence-electron chi connectivity index (χ0n) is 7.58. The van der Waals surface area contributed by atoms with E-state index >= 15 is 0 Å². The molecule has 0 heterocycles. The lowest BCUT2D eigenvalue weighted by Crippen LogP contribution is -2.08. The van der Waals surface area contributed by atoms with E-state index in [2.05, 4.69) is 37.6 Å². The van der Waals surface area contributed by atoms with Crippen molar-refractivity contribution in [3.63, 3.8) is 0 Å². The molecular weight excluding hydrogens is 166 g/mol. The van der Waals surface area contributed by atoms with Crippen LogP contribution in [-0.2, 0) is 6.54 Å². The van der Waals surface area contributed by atoms with Gasteiger partial charge in [0.15, 0.2) is 0 Å². The average Bonchev–Trinajstić information content (AvgIpc) is 2.04. The first kappa shape index (κ1) is 9.62. The maximum absolute atomic E-state index is 3.83. The molecule has 0 fully saturated rings. The van der Waals surface area contributed by atoms with Crippen LogP contribution in [0.25, 0.3) is 0 Å². The van der Waals surface area contributed by atoms with Gasteiger partial charge in [-0.15, -0.1) is 11.8 Å². The standard InChI is InChI=1S/C10H14NS/c1-11(2)8-9-6-4-5-7-10(9)12-3/h4-7H,1,8H2,2-3H3. The lowest BCUT2D eigenvalue weighted by molar-refractivity contribution is 0.441. The maximum atomic E-state index is 3.83. The highest BCUT2D eigenvalue weighted by Crippen LogP contribution is 2.20. The number of thioether (sulfide) groups is 1. The highest BCUT2D eigenvalue weighted by molar-refractivity contribution is 7.98. The predicted molar refractivity (Wildman–Crippen MR) is 55.0 cm³/mol. The summed E-state index contributed by atoms with van der Waals surface area (Å²) < 4.78 is 0. The van der Waals surface area contributed by atoms with Crippen molar-refractivity contribution in [2.75, 3.05) is 13.3 Å². The highest BCUT2D eigenvalue weighted by Gasteiger charge is 2.00. The van der Waals surface area contributed by atoms with E-state index in [1.165, 1.54) is 10.5 Å². The minimum atomic E-state index is 0.914. The van der Waals surface area contributed by atoms with Crippen molar-refractivity contribution in [3.8, 4) is 0 Å². The van der Waals surface area contributed by atoms with Crippen LogP contribution in [0, 0.1) is 7.05 Å². The third kappa shape index (κ3) is 2.54. The Kier molecular flexibility index (Phi) is 3.63. The Bertz CT molecular complexity index is 245. The second kappa shape index (κ2) is 4.53. The molecule has 65 valence electrons. The summed E-state index contributed by atoms with van der Waals surface area (Å²) in [6.07, 6.45) is 2.10. The summed E-state index contributed by atoms with van der Waals surface area (Å²) in [5, 5.41) is 0. The first-order chi connectivity index (χ1) is 5.74. The molecule has 0 aliphatic carbocycles. The van der Waals surface area contributed by atoms with Crippen molar-refractivity contribution < 1.29 is 0 Å². The first-order valence-corrected chi connectivity index (χ1v) is 5.10. The van der Waals surface area contributed by atoms with Crippen LogP contribution in [0.5, 0.6) is 0 Å². The molecule has 0 atom stereocenters. The fourth-order valence-electron chi connectivity index (χ4n) is 1.12. The monoisotopic (exact) mass is 180 g/mol. The summed E-state index contributed by atoms with van der Waals surface area (Å²) >= 11 is 1.78. The molecule has 1 rings (SSSR count). The molecule has 0 spiro atoms. The summed E-state index contributed by atoms with van der Waals surface area (Å²) in [6.45, 7) is 0.914. The van der Waals surface area contributed by atoms with Crippen LogP contribution in [0.1, 0.15) is 5.56 Å². The summed E-state index contributed by atoms with van der Waals surface area (Å²) in [4.78, 5) is 3.28. The molecule has 0 aliphatic heterocycles. The van der Waals surface area contributed by atoms with Crippen LogP contribution >= 0.6 is 11.8 Å². The van der Waals surface area contributed by atoms with Gasteiger partial charge in [0.05, 0.1) is 0 Å². The highest BCUT2D eigenvalue weighted by atomic mass is 32.2. The molecule has 0 unspecified atom stereocenters. The van der Waals surface area contributed by atoms with E-state index in [-0.39, 0.29) is 0 Å². The quantitative estimate of drug-likeness (QED) is 0.658. The van der Waals surface area contributed by atoms with E-state index in [1.807, 2.05) is 11.9 Å². The molecule has 0 amide bonds. The minimum Gasteiger partial charge on any atom is -0.301 e. The molecular formula is C10H14NS. The van der Waals surface area contributed by atoms with Crippen molar-refractivity contribution >= 4 is 11.8 Å². The van der Waals surface area contributed by atoms with Crippen LogP contribution in [0.2, 0.25) is 0 Å². The molecule has 12 heavy (non-hydrogen) atoms. The van der Waals surface area contributed by atoms with Gasteiger partial charge < -0.3 is 4.90 Å². The second-order valence-electron chi connectivity index (χ2n) is 2.83. The molecule has 1 aromatic rings. The Balaban J connectivity index is 2.82. The third-order valence-electron chi connectivity index (χ3n) is 1.63. The molecule has 2 heteroatoms. The van der Waals surface area contributed by atoms with Gasteiger partial charge in [-0.2, -0.15) is 0 Å². The van der Waals surface area contributed by atoms with Crippen LogP contribution in [0.15, 0.2) is 29.2 Å². The van der Waals surface area contributed by atoms with E-state index in [0.29, 0.717) is 0 Å². The molecule has 0 saturated heterocycles. The van der Waals surface area contributed by atoms with Crippen LogP contribution in [0.3, 0.4) is 0 Å². The Morgan fingerprint density at radius 2 is 2.08 bits per heavy atom. The van der Waals surface area contributed by atoms with Crippen molar-refractivity contribution in [3.05, 3.63) is 36.9 Å². The number of rotatable bonds is 3. The van der Waals surface area contributed by atoms with Gasteiger partial charge >= 0.3 is 0 Å². The predicted octanol–water partition coefficient (Wildman–Crippen LogP) is 2.63. The Labute approximate surface area is 78.8 Å². The fourth-order valence-corrected chi connectivity index (χ4v) is 1.73. The molecule has 0 aliphatic rings. The van der Waals surface area contributed by atoms with Crippen molar-refractivity contribution in [2.45, 2.75) is 11.4 Å². The van der Waals surface area contributed by atoms with Gasteiger partial charge in [0, 0.05) is 18.5 Å². The molecule has 0 N–H and O–H groups in total. The average molecular weight is 180 g/mol. The Morgan fingerprint density at radius 1 is 1.42 bits per heavy atom.